The summed E-state index contributed by atoms with van der Waals surface area (Å²) in [6.07, 6.45) is 9.67. The van der Waals surface area contributed by atoms with E-state index in [1.807, 2.05) is 0 Å². The summed E-state index contributed by atoms with van der Waals surface area (Å²) < 4.78 is 0. The summed E-state index contributed by atoms with van der Waals surface area (Å²) in [7, 11) is 0. The summed E-state index contributed by atoms with van der Waals surface area (Å²) >= 11 is 0. The molecule has 0 bridgehead atoms. The van der Waals surface area contributed by atoms with Crippen molar-refractivity contribution in [1.82, 2.24) is 0 Å². The van der Waals surface area contributed by atoms with E-state index in [1.54, 1.807) is 0 Å². The Morgan fingerprint density at radius 3 is 2.30 bits per heavy atom. The second-order valence-corrected chi connectivity index (χ2v) is 11.4. The molecular weight excluding hydrogens is 334 g/mol. The minimum atomic E-state index is -0.586. The summed E-state index contributed by atoms with van der Waals surface area (Å²) in [5, 5.41) is 22.5. The van der Waals surface area contributed by atoms with E-state index in [2.05, 4.69) is 27.7 Å². The SMILES string of the molecule is CCC[C@@H](C)[C@H]1CCC2C3C(O)[C@H](O)C4C[C@@H](N)CC[C@]4(C)C3CC[C@@]21C. The van der Waals surface area contributed by atoms with Gasteiger partial charge in [0.25, 0.3) is 0 Å². The quantitative estimate of drug-likeness (QED) is 0.685. The lowest BCUT2D eigenvalue weighted by atomic mass is 9.43. The van der Waals surface area contributed by atoms with Crippen molar-refractivity contribution >= 4 is 0 Å². The van der Waals surface area contributed by atoms with Crippen LogP contribution in [0.5, 0.6) is 0 Å². The standard InChI is InChI=1S/C24H43NO2/c1-5-6-14(2)16-7-8-17-20-18(10-12-23(16,17)3)24(4)11-9-15(25)13-19(24)21(26)22(20)27/h14-22,26-27H,5-13,25H2,1-4H3/t14-,15+,16-,17?,18?,19?,20?,21-,22?,23-,24-/m1/s1. The molecule has 4 aliphatic carbocycles. The molecule has 0 radical (unpaired) electrons. The van der Waals surface area contributed by atoms with E-state index in [4.69, 9.17) is 5.73 Å². The van der Waals surface area contributed by atoms with Gasteiger partial charge in [-0.25, -0.2) is 0 Å². The second-order valence-electron chi connectivity index (χ2n) is 11.4. The first-order valence-electron chi connectivity index (χ1n) is 11.9. The molecule has 3 nitrogen and oxygen atoms in total. The molecule has 11 atom stereocenters. The number of nitrogens with two attached hydrogens (primary N) is 1. The third-order valence-electron chi connectivity index (χ3n) is 10.3. The molecule has 0 aromatic heterocycles. The first kappa shape index (κ1) is 20.2. The molecule has 3 heteroatoms. The Morgan fingerprint density at radius 1 is 0.926 bits per heavy atom. The van der Waals surface area contributed by atoms with Gasteiger partial charge in [0, 0.05) is 6.04 Å². The fourth-order valence-corrected chi connectivity index (χ4v) is 8.92. The molecule has 0 heterocycles. The molecule has 5 unspecified atom stereocenters. The van der Waals surface area contributed by atoms with Gasteiger partial charge in [-0.2, -0.15) is 0 Å². The lowest BCUT2D eigenvalue weighted by Crippen LogP contribution is -2.64. The zero-order chi connectivity index (χ0) is 19.6. The van der Waals surface area contributed by atoms with E-state index in [9.17, 15) is 10.2 Å². The first-order valence-corrected chi connectivity index (χ1v) is 11.9. The van der Waals surface area contributed by atoms with Crippen molar-refractivity contribution in [3.63, 3.8) is 0 Å². The number of rotatable bonds is 3. The van der Waals surface area contributed by atoms with Gasteiger partial charge in [-0.1, -0.05) is 40.5 Å². The minimum absolute atomic E-state index is 0.160. The van der Waals surface area contributed by atoms with Gasteiger partial charge < -0.3 is 15.9 Å². The highest BCUT2D eigenvalue weighted by molar-refractivity contribution is 5.14. The van der Waals surface area contributed by atoms with Crippen molar-refractivity contribution in [2.45, 2.75) is 104 Å². The molecule has 4 aliphatic rings. The number of aliphatic hydroxyl groups is 2. The Bertz CT molecular complexity index is 552. The number of aliphatic hydroxyl groups excluding tert-OH is 2. The highest BCUT2D eigenvalue weighted by Gasteiger charge is 2.64. The Morgan fingerprint density at radius 2 is 1.59 bits per heavy atom. The zero-order valence-corrected chi connectivity index (χ0v) is 18.0. The molecule has 4 saturated carbocycles. The van der Waals surface area contributed by atoms with E-state index in [1.165, 1.54) is 38.5 Å². The molecule has 0 aromatic carbocycles. The third kappa shape index (κ3) is 2.86. The summed E-state index contributed by atoms with van der Waals surface area (Å²) in [4.78, 5) is 0. The summed E-state index contributed by atoms with van der Waals surface area (Å²) in [6, 6.07) is 0.195. The van der Waals surface area contributed by atoms with Crippen LogP contribution in [0.15, 0.2) is 0 Å². The van der Waals surface area contributed by atoms with Gasteiger partial charge in [0.15, 0.2) is 0 Å². The Labute approximate surface area is 166 Å². The molecule has 0 aromatic rings. The van der Waals surface area contributed by atoms with Crippen LogP contribution in [0.2, 0.25) is 0 Å². The maximum Gasteiger partial charge on any atom is 0.0836 e. The lowest BCUT2D eigenvalue weighted by molar-refractivity contribution is -0.216. The maximum atomic E-state index is 11.3. The summed E-state index contributed by atoms with van der Waals surface area (Å²) in [6.45, 7) is 9.71. The predicted molar refractivity (Wildman–Crippen MR) is 110 cm³/mol. The molecule has 156 valence electrons. The van der Waals surface area contributed by atoms with E-state index in [0.29, 0.717) is 17.3 Å². The maximum absolute atomic E-state index is 11.3. The average molecular weight is 378 g/mol. The monoisotopic (exact) mass is 377 g/mol. The van der Waals surface area contributed by atoms with Gasteiger partial charge in [0.05, 0.1) is 12.2 Å². The number of fused-ring (bicyclic) bond motifs is 5. The fourth-order valence-electron chi connectivity index (χ4n) is 8.92. The van der Waals surface area contributed by atoms with Crippen LogP contribution >= 0.6 is 0 Å². The fraction of sp³-hybridized carbons (Fsp3) is 1.00. The van der Waals surface area contributed by atoms with Gasteiger partial charge in [-0.15, -0.1) is 0 Å². The highest BCUT2D eigenvalue weighted by atomic mass is 16.3. The van der Waals surface area contributed by atoms with Crippen LogP contribution in [0.4, 0.5) is 0 Å². The highest BCUT2D eigenvalue weighted by Crippen LogP contribution is 2.68. The van der Waals surface area contributed by atoms with Gasteiger partial charge in [-0.05, 0) is 91.3 Å². The third-order valence-corrected chi connectivity index (χ3v) is 10.3. The Balaban J connectivity index is 1.65. The van der Waals surface area contributed by atoms with E-state index in [-0.39, 0.29) is 23.3 Å². The van der Waals surface area contributed by atoms with E-state index in [0.717, 1.165) is 31.1 Å². The molecular formula is C24H43NO2. The van der Waals surface area contributed by atoms with Crippen LogP contribution < -0.4 is 5.73 Å². The van der Waals surface area contributed by atoms with Crippen molar-refractivity contribution < 1.29 is 10.2 Å². The Hall–Kier alpha value is -0.120. The molecule has 0 saturated heterocycles. The second kappa shape index (κ2) is 6.99. The normalized spacial score (nSPS) is 56.1. The average Bonchev–Trinajstić information content (AvgIpc) is 2.98. The van der Waals surface area contributed by atoms with Gasteiger partial charge in [0.2, 0.25) is 0 Å². The molecule has 27 heavy (non-hydrogen) atoms. The van der Waals surface area contributed by atoms with Crippen molar-refractivity contribution in [1.29, 1.82) is 0 Å². The molecule has 0 aliphatic heterocycles. The molecule has 4 rings (SSSR count). The van der Waals surface area contributed by atoms with Crippen LogP contribution in [0, 0.1) is 46.3 Å². The van der Waals surface area contributed by atoms with Crippen LogP contribution in [-0.4, -0.2) is 28.5 Å². The largest absolute Gasteiger partial charge is 0.390 e. The van der Waals surface area contributed by atoms with Crippen molar-refractivity contribution in [3.05, 3.63) is 0 Å². The smallest absolute Gasteiger partial charge is 0.0836 e. The molecule has 0 amide bonds. The van der Waals surface area contributed by atoms with Gasteiger partial charge in [-0.3, -0.25) is 0 Å². The van der Waals surface area contributed by atoms with E-state index >= 15 is 0 Å². The summed E-state index contributed by atoms with van der Waals surface area (Å²) in [5.74, 6) is 3.18. The number of hydrogen-bond donors (Lipinski definition) is 3. The van der Waals surface area contributed by atoms with Crippen LogP contribution in [0.1, 0.15) is 85.5 Å². The first-order chi connectivity index (χ1) is 12.7. The molecule has 4 fully saturated rings. The van der Waals surface area contributed by atoms with Crippen molar-refractivity contribution in [2.75, 3.05) is 0 Å². The van der Waals surface area contributed by atoms with Crippen molar-refractivity contribution in [2.24, 2.45) is 52.1 Å². The van der Waals surface area contributed by atoms with Crippen molar-refractivity contribution in [3.8, 4) is 0 Å². The Kier molecular flexibility index (Phi) is 5.22. The van der Waals surface area contributed by atoms with Crippen LogP contribution in [0.25, 0.3) is 0 Å². The molecule has 0 spiro atoms. The number of hydrogen-bond acceptors (Lipinski definition) is 3. The topological polar surface area (TPSA) is 66.5 Å². The summed E-state index contributed by atoms with van der Waals surface area (Å²) in [5.41, 5.74) is 6.78. The van der Waals surface area contributed by atoms with Crippen LogP contribution in [0.3, 0.4) is 0 Å². The molecule has 4 N–H and O–H groups in total. The minimum Gasteiger partial charge on any atom is -0.390 e. The zero-order valence-electron chi connectivity index (χ0n) is 18.0. The van der Waals surface area contributed by atoms with Gasteiger partial charge >= 0.3 is 0 Å². The van der Waals surface area contributed by atoms with E-state index < -0.39 is 12.2 Å². The lowest BCUT2D eigenvalue weighted by Gasteiger charge is -2.63. The van der Waals surface area contributed by atoms with Crippen LogP contribution in [-0.2, 0) is 0 Å². The predicted octanol–water partition coefficient (Wildman–Crippen LogP) is 4.35. The van der Waals surface area contributed by atoms with Gasteiger partial charge in [0.1, 0.15) is 0 Å².